The minimum Gasteiger partial charge on any atom is -0.467 e. The fraction of sp³-hybridized carbons (Fsp3) is 0.444. The Bertz CT molecular complexity index is 274. The lowest BCUT2D eigenvalue weighted by Crippen LogP contribution is -2.38. The van der Waals surface area contributed by atoms with E-state index in [0.29, 0.717) is 5.76 Å². The summed E-state index contributed by atoms with van der Waals surface area (Å²) in [5.74, 6) is -0.0264. The Morgan fingerprint density at radius 2 is 2.38 bits per heavy atom. The van der Waals surface area contributed by atoms with Crippen molar-refractivity contribution in [2.75, 3.05) is 0 Å². The summed E-state index contributed by atoms with van der Waals surface area (Å²) in [6.45, 7) is 2.65. The van der Waals surface area contributed by atoms with Gasteiger partial charge in [0.1, 0.15) is 5.76 Å². The molecule has 1 rings (SSSR count). The third-order valence-corrected chi connectivity index (χ3v) is 1.54. The van der Waals surface area contributed by atoms with Crippen molar-refractivity contribution in [3.63, 3.8) is 0 Å². The number of alkyl halides is 1. The number of hydrogen-bond donors (Lipinski definition) is 1. The molecule has 0 saturated carbocycles. The van der Waals surface area contributed by atoms with E-state index < -0.39 is 11.6 Å². The number of carbonyl (C=O) groups is 1. The number of hydrogen-bond acceptors (Lipinski definition) is 2. The number of furan rings is 1. The zero-order valence-corrected chi connectivity index (χ0v) is 7.63. The highest BCUT2D eigenvalue weighted by atomic mass is 19.1. The quantitative estimate of drug-likeness (QED) is 0.777. The molecule has 72 valence electrons. The van der Waals surface area contributed by atoms with Gasteiger partial charge in [0.05, 0.1) is 12.8 Å². The second-order valence-corrected chi connectivity index (χ2v) is 3.23. The third-order valence-electron chi connectivity index (χ3n) is 1.54. The first-order chi connectivity index (χ1) is 6.00. The molecule has 1 N–H and O–H groups in total. The fourth-order valence-electron chi connectivity index (χ4n) is 0.791. The Kier molecular flexibility index (Phi) is 2.70. The third kappa shape index (κ3) is 2.89. The molecule has 3 nitrogen and oxygen atoms in total. The second-order valence-electron chi connectivity index (χ2n) is 3.23. The zero-order chi connectivity index (χ0) is 9.90. The molecule has 0 saturated heterocycles. The van der Waals surface area contributed by atoms with Crippen LogP contribution in [0.25, 0.3) is 0 Å². The van der Waals surface area contributed by atoms with Crippen LogP contribution in [-0.4, -0.2) is 11.6 Å². The fourth-order valence-corrected chi connectivity index (χ4v) is 0.791. The molecule has 0 aliphatic carbocycles. The van der Waals surface area contributed by atoms with Crippen molar-refractivity contribution < 1.29 is 13.6 Å². The van der Waals surface area contributed by atoms with E-state index in [2.05, 4.69) is 5.32 Å². The predicted octanol–water partition coefficient (Wildman–Crippen LogP) is 1.64. The Morgan fingerprint density at radius 1 is 1.69 bits per heavy atom. The largest absolute Gasteiger partial charge is 0.467 e. The van der Waals surface area contributed by atoms with Crippen molar-refractivity contribution in [3.8, 4) is 0 Å². The molecule has 4 heteroatoms. The molecule has 0 radical (unpaired) electrons. The van der Waals surface area contributed by atoms with Gasteiger partial charge in [-0.05, 0) is 26.0 Å². The summed E-state index contributed by atoms with van der Waals surface area (Å²) in [4.78, 5) is 11.0. The van der Waals surface area contributed by atoms with Gasteiger partial charge < -0.3 is 9.73 Å². The lowest BCUT2D eigenvalue weighted by molar-refractivity contribution is -0.131. The van der Waals surface area contributed by atoms with Gasteiger partial charge in [-0.1, -0.05) is 0 Å². The summed E-state index contributed by atoms with van der Waals surface area (Å²) >= 11 is 0. The molecule has 0 aromatic carbocycles. The Hall–Kier alpha value is -1.32. The van der Waals surface area contributed by atoms with E-state index in [0.717, 1.165) is 0 Å². The van der Waals surface area contributed by atoms with Gasteiger partial charge in [-0.25, -0.2) is 4.39 Å². The summed E-state index contributed by atoms with van der Waals surface area (Å²) in [6.07, 6.45) is 1.50. The summed E-state index contributed by atoms with van der Waals surface area (Å²) in [5, 5.41) is 2.42. The predicted molar refractivity (Wildman–Crippen MR) is 45.7 cm³/mol. The van der Waals surface area contributed by atoms with Crippen molar-refractivity contribution in [3.05, 3.63) is 24.2 Å². The van der Waals surface area contributed by atoms with E-state index in [9.17, 15) is 9.18 Å². The van der Waals surface area contributed by atoms with Crippen LogP contribution in [0, 0.1) is 0 Å². The lowest BCUT2D eigenvalue weighted by atomic mass is 10.1. The van der Waals surface area contributed by atoms with Crippen LogP contribution in [0.3, 0.4) is 0 Å². The molecule has 0 aliphatic rings. The molecule has 0 aliphatic heterocycles. The minimum absolute atomic E-state index is 0.221. The molecule has 0 unspecified atom stereocenters. The SMILES string of the molecule is CC(C)(F)C(=O)NCc1ccco1. The van der Waals surface area contributed by atoms with Gasteiger partial charge in [-0.15, -0.1) is 0 Å². The van der Waals surface area contributed by atoms with Crippen molar-refractivity contribution in [1.29, 1.82) is 0 Å². The molecule has 0 bridgehead atoms. The second kappa shape index (κ2) is 3.60. The van der Waals surface area contributed by atoms with Gasteiger partial charge in [-0.3, -0.25) is 4.79 Å². The first-order valence-electron chi connectivity index (χ1n) is 4.00. The molecule has 1 amide bonds. The Balaban J connectivity index is 2.40. The maximum Gasteiger partial charge on any atom is 0.257 e. The van der Waals surface area contributed by atoms with Crippen LogP contribution in [0.2, 0.25) is 0 Å². The van der Waals surface area contributed by atoms with Crippen LogP contribution in [0.15, 0.2) is 22.8 Å². The van der Waals surface area contributed by atoms with E-state index in [1.165, 1.54) is 20.1 Å². The van der Waals surface area contributed by atoms with Crippen LogP contribution < -0.4 is 5.32 Å². The Morgan fingerprint density at radius 3 is 2.85 bits per heavy atom. The molecule has 1 heterocycles. The number of halogens is 1. The Labute approximate surface area is 75.9 Å². The average molecular weight is 185 g/mol. The van der Waals surface area contributed by atoms with Crippen LogP contribution in [0.1, 0.15) is 19.6 Å². The van der Waals surface area contributed by atoms with E-state index in [1.54, 1.807) is 12.1 Å². The summed E-state index contributed by atoms with van der Waals surface area (Å²) in [7, 11) is 0. The van der Waals surface area contributed by atoms with Gasteiger partial charge in [0.2, 0.25) is 0 Å². The molecule has 1 aromatic heterocycles. The van der Waals surface area contributed by atoms with Crippen molar-refractivity contribution in [1.82, 2.24) is 5.32 Å². The van der Waals surface area contributed by atoms with Crippen molar-refractivity contribution in [2.45, 2.75) is 26.1 Å². The summed E-state index contributed by atoms with van der Waals surface area (Å²) in [6, 6.07) is 3.42. The summed E-state index contributed by atoms with van der Waals surface area (Å²) < 4.78 is 17.9. The summed E-state index contributed by atoms with van der Waals surface area (Å²) in [5.41, 5.74) is -1.84. The number of rotatable bonds is 3. The average Bonchev–Trinajstić information content (AvgIpc) is 2.50. The normalized spacial score (nSPS) is 11.3. The maximum absolute atomic E-state index is 13.0. The monoisotopic (exact) mass is 185 g/mol. The minimum atomic E-state index is -1.84. The standard InChI is InChI=1S/C9H12FNO2/c1-9(2,10)8(12)11-6-7-4-3-5-13-7/h3-5H,6H2,1-2H3,(H,11,12). The number of carbonyl (C=O) groups excluding carboxylic acids is 1. The highest BCUT2D eigenvalue weighted by Crippen LogP contribution is 2.08. The first-order valence-corrected chi connectivity index (χ1v) is 4.00. The van der Waals surface area contributed by atoms with Crippen molar-refractivity contribution in [2.24, 2.45) is 0 Å². The van der Waals surface area contributed by atoms with Crippen LogP contribution in [-0.2, 0) is 11.3 Å². The van der Waals surface area contributed by atoms with E-state index >= 15 is 0 Å². The van der Waals surface area contributed by atoms with E-state index in [4.69, 9.17) is 4.42 Å². The maximum atomic E-state index is 13.0. The topological polar surface area (TPSA) is 42.2 Å². The molecular formula is C9H12FNO2. The molecule has 13 heavy (non-hydrogen) atoms. The number of amides is 1. The smallest absolute Gasteiger partial charge is 0.257 e. The highest BCUT2D eigenvalue weighted by Gasteiger charge is 2.25. The van der Waals surface area contributed by atoms with Crippen LogP contribution in [0.4, 0.5) is 4.39 Å². The van der Waals surface area contributed by atoms with Crippen LogP contribution in [0.5, 0.6) is 0 Å². The zero-order valence-electron chi connectivity index (χ0n) is 7.63. The highest BCUT2D eigenvalue weighted by molar-refractivity contribution is 5.83. The molecular weight excluding hydrogens is 173 g/mol. The van der Waals surface area contributed by atoms with Gasteiger partial charge in [0, 0.05) is 0 Å². The molecule has 0 fully saturated rings. The van der Waals surface area contributed by atoms with Gasteiger partial charge >= 0.3 is 0 Å². The molecule has 1 aromatic rings. The molecule has 0 atom stereocenters. The van der Waals surface area contributed by atoms with E-state index in [1.807, 2.05) is 0 Å². The van der Waals surface area contributed by atoms with Gasteiger partial charge in [0.25, 0.3) is 5.91 Å². The molecule has 0 spiro atoms. The lowest BCUT2D eigenvalue weighted by Gasteiger charge is -2.12. The number of nitrogens with one attached hydrogen (secondary N) is 1. The van der Waals surface area contributed by atoms with E-state index in [-0.39, 0.29) is 6.54 Å². The van der Waals surface area contributed by atoms with Crippen LogP contribution >= 0.6 is 0 Å². The van der Waals surface area contributed by atoms with Gasteiger partial charge in [-0.2, -0.15) is 0 Å². The first kappa shape index (κ1) is 9.77. The van der Waals surface area contributed by atoms with Gasteiger partial charge in [0.15, 0.2) is 5.67 Å². The van der Waals surface area contributed by atoms with Crippen molar-refractivity contribution >= 4 is 5.91 Å².